The number of fused-ring (bicyclic) bond motifs is 1. The summed E-state index contributed by atoms with van der Waals surface area (Å²) in [7, 11) is 0. The molecule has 4 heterocycles. The number of hydrogen-bond donors (Lipinski definition) is 2. The highest BCUT2D eigenvalue weighted by Gasteiger charge is 2.19. The molecule has 0 aliphatic carbocycles. The van der Waals surface area contributed by atoms with E-state index >= 15 is 0 Å². The summed E-state index contributed by atoms with van der Waals surface area (Å²) in [4.78, 5) is 10.9. The van der Waals surface area contributed by atoms with E-state index in [1.54, 1.807) is 24.6 Å². The lowest BCUT2D eigenvalue weighted by Crippen LogP contribution is -2.48. The van der Waals surface area contributed by atoms with Crippen molar-refractivity contribution in [2.24, 2.45) is 4.99 Å². The van der Waals surface area contributed by atoms with Crippen molar-refractivity contribution in [3.8, 4) is 5.75 Å². The number of nitrogens with one attached hydrogen (secondary N) is 1. The number of likely N-dealkylation sites (N-methyl/N-ethyl adjacent to an activating group) is 1. The molecule has 7 heteroatoms. The van der Waals surface area contributed by atoms with Crippen LogP contribution in [0.4, 0.5) is 11.7 Å². The molecule has 1 fully saturated rings. The first-order valence-corrected chi connectivity index (χ1v) is 8.51. The number of aromatic nitrogens is 1. The van der Waals surface area contributed by atoms with Gasteiger partial charge in [0.2, 0.25) is 5.88 Å². The smallest absolute Gasteiger partial charge is 0.211 e. The number of piperazine rings is 1. The van der Waals surface area contributed by atoms with Crippen molar-refractivity contribution < 1.29 is 9.52 Å². The van der Waals surface area contributed by atoms with Crippen molar-refractivity contribution in [1.29, 1.82) is 0 Å². The van der Waals surface area contributed by atoms with Crippen LogP contribution >= 0.6 is 0 Å². The van der Waals surface area contributed by atoms with Gasteiger partial charge in [0.25, 0.3) is 0 Å². The van der Waals surface area contributed by atoms with Gasteiger partial charge in [0.1, 0.15) is 0 Å². The second-order valence-electron chi connectivity index (χ2n) is 6.13. The molecule has 4 rings (SSSR count). The maximum Gasteiger partial charge on any atom is 0.211 e. The molecule has 1 saturated heterocycles. The molecule has 0 amide bonds. The molecule has 2 aromatic heterocycles. The highest BCUT2D eigenvalue weighted by atomic mass is 16.4. The minimum absolute atomic E-state index is 0.105. The van der Waals surface area contributed by atoms with E-state index < -0.39 is 0 Å². The molecule has 130 valence electrons. The molecule has 0 radical (unpaired) electrons. The first-order chi connectivity index (χ1) is 12.2. The van der Waals surface area contributed by atoms with Crippen molar-refractivity contribution in [2.45, 2.75) is 6.92 Å². The number of aliphatic imine (C=N–C) groups is 1. The number of hydrazine groups is 1. The van der Waals surface area contributed by atoms with Crippen LogP contribution in [0.5, 0.6) is 5.75 Å². The second-order valence-corrected chi connectivity index (χ2v) is 6.13. The predicted molar refractivity (Wildman–Crippen MR) is 97.9 cm³/mol. The number of rotatable bonds is 4. The minimum atomic E-state index is 0.105. The molecule has 2 aliphatic rings. The lowest BCUT2D eigenvalue weighted by molar-refractivity contribution is 0.156. The molecule has 0 unspecified atom stereocenters. The van der Waals surface area contributed by atoms with Crippen molar-refractivity contribution in [3.05, 3.63) is 35.7 Å². The Morgan fingerprint density at radius 2 is 2.16 bits per heavy atom. The third kappa shape index (κ3) is 3.29. The van der Waals surface area contributed by atoms with E-state index in [0.717, 1.165) is 43.9 Å². The van der Waals surface area contributed by atoms with E-state index in [9.17, 15) is 5.11 Å². The first-order valence-electron chi connectivity index (χ1n) is 8.51. The Kier molecular flexibility index (Phi) is 4.25. The zero-order valence-electron chi connectivity index (χ0n) is 14.1. The van der Waals surface area contributed by atoms with Crippen LogP contribution in [-0.2, 0) is 0 Å². The molecular formula is C18H21N5O2. The summed E-state index contributed by atoms with van der Waals surface area (Å²) in [5, 5.41) is 12.3. The summed E-state index contributed by atoms with van der Waals surface area (Å²) in [5.41, 5.74) is 5.04. The maximum atomic E-state index is 10.2. The third-order valence-electron chi connectivity index (χ3n) is 4.54. The van der Waals surface area contributed by atoms with Crippen LogP contribution in [0.2, 0.25) is 0 Å². The van der Waals surface area contributed by atoms with Crippen LogP contribution in [0.3, 0.4) is 0 Å². The number of pyridine rings is 1. The van der Waals surface area contributed by atoms with Gasteiger partial charge >= 0.3 is 0 Å². The standard InChI is InChI=1S/C18H21N5O2/c1-2-22-6-8-23(9-7-22)21-17-11-15(24)16(25-17)10-13-12-20-18-14(13)4-3-5-19-18/h3-5,10-12,21,24H,2,6-9H2,1H3. The maximum absolute atomic E-state index is 10.2. The average Bonchev–Trinajstić information content (AvgIpc) is 3.20. The largest absolute Gasteiger partial charge is 0.504 e. The van der Waals surface area contributed by atoms with Gasteiger partial charge in [-0.05, 0) is 24.8 Å². The average molecular weight is 339 g/mol. The summed E-state index contributed by atoms with van der Waals surface area (Å²) in [6.45, 7) is 7.12. The minimum Gasteiger partial charge on any atom is -0.504 e. The number of anilines is 1. The van der Waals surface area contributed by atoms with Gasteiger partial charge in [0, 0.05) is 55.8 Å². The van der Waals surface area contributed by atoms with Crippen LogP contribution in [0.1, 0.15) is 18.2 Å². The quantitative estimate of drug-likeness (QED) is 0.892. The van der Waals surface area contributed by atoms with Crippen molar-refractivity contribution in [3.63, 3.8) is 0 Å². The molecule has 2 N–H and O–H groups in total. The Hall–Kier alpha value is -2.64. The van der Waals surface area contributed by atoms with Gasteiger partial charge in [-0.25, -0.2) is 15.0 Å². The van der Waals surface area contributed by atoms with Crippen molar-refractivity contribution in [1.82, 2.24) is 14.9 Å². The molecule has 0 bridgehead atoms. The van der Waals surface area contributed by atoms with E-state index in [2.05, 4.69) is 32.2 Å². The van der Waals surface area contributed by atoms with Gasteiger partial charge in [0.15, 0.2) is 17.3 Å². The molecular weight excluding hydrogens is 318 g/mol. The molecule has 0 aromatic carbocycles. The lowest BCUT2D eigenvalue weighted by Gasteiger charge is -2.33. The molecule has 0 spiro atoms. The Bertz CT molecular complexity index is 819. The summed E-state index contributed by atoms with van der Waals surface area (Å²) in [6.07, 6.45) is 5.23. The Morgan fingerprint density at radius 1 is 1.32 bits per heavy atom. The van der Waals surface area contributed by atoms with E-state index in [-0.39, 0.29) is 5.75 Å². The monoisotopic (exact) mass is 339 g/mol. The summed E-state index contributed by atoms with van der Waals surface area (Å²) in [6, 6.07) is 5.43. The fraction of sp³-hybridized carbons (Fsp3) is 0.333. The zero-order chi connectivity index (χ0) is 17.2. The van der Waals surface area contributed by atoms with E-state index in [0.29, 0.717) is 17.5 Å². The van der Waals surface area contributed by atoms with Crippen LogP contribution in [0, 0.1) is 0 Å². The Morgan fingerprint density at radius 3 is 2.96 bits per heavy atom. The fourth-order valence-electron chi connectivity index (χ4n) is 3.07. The summed E-state index contributed by atoms with van der Waals surface area (Å²) < 4.78 is 5.77. The number of nitrogens with zero attached hydrogens (tertiary/aromatic N) is 4. The van der Waals surface area contributed by atoms with Gasteiger partial charge in [-0.15, -0.1) is 0 Å². The molecule has 0 saturated carbocycles. The van der Waals surface area contributed by atoms with Gasteiger partial charge in [-0.1, -0.05) is 6.92 Å². The molecule has 7 nitrogen and oxygen atoms in total. The second kappa shape index (κ2) is 6.70. The lowest BCUT2D eigenvalue weighted by atomic mass is 10.1. The highest BCUT2D eigenvalue weighted by molar-refractivity contribution is 6.20. The van der Waals surface area contributed by atoms with E-state index in [4.69, 9.17) is 4.42 Å². The van der Waals surface area contributed by atoms with Gasteiger partial charge in [-0.2, -0.15) is 0 Å². The van der Waals surface area contributed by atoms with E-state index in [1.807, 2.05) is 12.1 Å². The summed E-state index contributed by atoms with van der Waals surface area (Å²) in [5.74, 6) is 1.74. The van der Waals surface area contributed by atoms with Gasteiger partial charge < -0.3 is 14.4 Å². The van der Waals surface area contributed by atoms with E-state index in [1.165, 1.54) is 0 Å². The molecule has 25 heavy (non-hydrogen) atoms. The van der Waals surface area contributed by atoms with Crippen LogP contribution in [-0.4, -0.2) is 58.9 Å². The molecule has 2 aromatic rings. The molecule has 2 aliphatic heterocycles. The Balaban J connectivity index is 1.48. The number of hydrogen-bond acceptors (Lipinski definition) is 7. The fourth-order valence-corrected chi connectivity index (χ4v) is 3.07. The van der Waals surface area contributed by atoms with Crippen molar-refractivity contribution >= 4 is 29.6 Å². The first kappa shape index (κ1) is 15.9. The zero-order valence-corrected chi connectivity index (χ0v) is 14.1. The van der Waals surface area contributed by atoms with Gasteiger partial charge in [-0.3, -0.25) is 5.43 Å². The van der Waals surface area contributed by atoms with Gasteiger partial charge in [0.05, 0.1) is 0 Å². The van der Waals surface area contributed by atoms with Crippen LogP contribution in [0.15, 0.2) is 33.8 Å². The topological polar surface area (TPSA) is 77.1 Å². The normalized spacial score (nSPS) is 19.5. The molecule has 0 atom stereocenters. The SMILES string of the molecule is CCN1CCN(Nc2cc(O)c(C=C3C=Nc4ncccc43)o2)CC1. The van der Waals surface area contributed by atoms with Crippen LogP contribution in [0.25, 0.3) is 11.6 Å². The number of allylic oxidation sites excluding steroid dienone is 1. The summed E-state index contributed by atoms with van der Waals surface area (Å²) >= 11 is 0. The number of aromatic hydroxyl groups is 1. The Labute approximate surface area is 146 Å². The van der Waals surface area contributed by atoms with Crippen molar-refractivity contribution in [2.75, 3.05) is 38.1 Å². The third-order valence-corrected chi connectivity index (χ3v) is 4.54. The van der Waals surface area contributed by atoms with Crippen LogP contribution < -0.4 is 5.43 Å². The predicted octanol–water partition coefficient (Wildman–Crippen LogP) is 2.60. The number of furan rings is 1. The highest BCUT2D eigenvalue weighted by Crippen LogP contribution is 2.34.